The van der Waals surface area contributed by atoms with Gasteiger partial charge in [-0.15, -0.1) is 0 Å². The van der Waals surface area contributed by atoms with Gasteiger partial charge in [-0.3, -0.25) is 4.90 Å². The van der Waals surface area contributed by atoms with E-state index in [0.717, 1.165) is 12.1 Å². The van der Waals surface area contributed by atoms with Gasteiger partial charge in [-0.1, -0.05) is 48.5 Å². The summed E-state index contributed by atoms with van der Waals surface area (Å²) >= 11 is 0. The van der Waals surface area contributed by atoms with Crippen molar-refractivity contribution in [2.75, 3.05) is 18.5 Å². The predicted octanol–water partition coefficient (Wildman–Crippen LogP) is 5.82. The third-order valence-corrected chi connectivity index (χ3v) is 7.62. The van der Waals surface area contributed by atoms with Crippen molar-refractivity contribution in [1.29, 1.82) is 0 Å². The van der Waals surface area contributed by atoms with E-state index in [4.69, 9.17) is 0 Å². The third-order valence-electron chi connectivity index (χ3n) is 7.62. The van der Waals surface area contributed by atoms with Gasteiger partial charge in [0.2, 0.25) is 0 Å². The molecule has 2 fully saturated rings. The summed E-state index contributed by atoms with van der Waals surface area (Å²) in [5, 5.41) is 10.3. The fourth-order valence-electron chi connectivity index (χ4n) is 5.73. The van der Waals surface area contributed by atoms with Crippen LogP contribution in [0.4, 0.5) is 34.1 Å². The Labute approximate surface area is 235 Å². The Morgan fingerprint density at radius 3 is 1.93 bits per heavy atom. The van der Waals surface area contributed by atoms with Crippen molar-refractivity contribution in [2.24, 2.45) is 0 Å². The van der Waals surface area contributed by atoms with Crippen LogP contribution in [0.3, 0.4) is 0 Å². The first-order valence-electron chi connectivity index (χ1n) is 13.2. The van der Waals surface area contributed by atoms with E-state index >= 15 is 0 Å². The minimum atomic E-state index is -4.46. The molecule has 11 heteroatoms. The average Bonchev–Trinajstić information content (AvgIpc) is 3.25. The van der Waals surface area contributed by atoms with Crippen molar-refractivity contribution in [3.63, 3.8) is 0 Å². The molecule has 2 saturated heterocycles. The second kappa shape index (κ2) is 11.1. The summed E-state index contributed by atoms with van der Waals surface area (Å²) in [6.07, 6.45) is -3.53. The summed E-state index contributed by atoms with van der Waals surface area (Å²) in [7, 11) is 1.53. The molecule has 3 atom stereocenters. The molecule has 4 amide bonds. The molecule has 3 aromatic rings. The van der Waals surface area contributed by atoms with Crippen molar-refractivity contribution in [3.8, 4) is 0 Å². The van der Waals surface area contributed by atoms with E-state index in [2.05, 4.69) is 0 Å². The van der Waals surface area contributed by atoms with Gasteiger partial charge in [0.1, 0.15) is 0 Å². The van der Waals surface area contributed by atoms with Gasteiger partial charge in [0, 0.05) is 20.1 Å². The van der Waals surface area contributed by atoms with Gasteiger partial charge >= 0.3 is 24.2 Å². The van der Waals surface area contributed by atoms with Crippen LogP contribution in [0.25, 0.3) is 0 Å². The first-order chi connectivity index (χ1) is 19.6. The second-order valence-electron chi connectivity index (χ2n) is 10.3. The molecule has 3 aromatic carbocycles. The van der Waals surface area contributed by atoms with Gasteiger partial charge in [0.05, 0.1) is 29.0 Å². The van der Waals surface area contributed by atoms with E-state index in [1.807, 2.05) is 12.1 Å². The molecule has 2 bridgehead atoms. The summed E-state index contributed by atoms with van der Waals surface area (Å²) < 4.78 is 38.8. The number of rotatable bonds is 5. The van der Waals surface area contributed by atoms with Crippen LogP contribution in [0.1, 0.15) is 24.0 Å². The number of benzene rings is 3. The fraction of sp³-hybridized carbons (Fsp3) is 0.300. The summed E-state index contributed by atoms with van der Waals surface area (Å²) in [6.45, 7) is 0.0748. The normalized spacial score (nSPS) is 20.0. The number of likely N-dealkylation sites (tertiary alicyclic amines) is 1. The number of carboxylic acids is 1. The highest BCUT2D eigenvalue weighted by Crippen LogP contribution is 2.38. The molecule has 2 heterocycles. The number of carbonyl (C=O) groups excluding carboxylic acids is 2. The number of piperazine rings is 1. The molecule has 2 aliphatic heterocycles. The summed E-state index contributed by atoms with van der Waals surface area (Å²) in [6, 6.07) is 19.1. The zero-order chi connectivity index (χ0) is 29.3. The number of para-hydroxylation sites is 2. The first kappa shape index (κ1) is 28.0. The monoisotopic (exact) mass is 566 g/mol. The summed E-state index contributed by atoms with van der Waals surface area (Å²) in [5.41, 5.74) is 0.884. The van der Waals surface area contributed by atoms with Crippen molar-refractivity contribution in [2.45, 2.75) is 43.7 Å². The Morgan fingerprint density at radius 2 is 1.41 bits per heavy atom. The van der Waals surface area contributed by atoms with Crippen molar-refractivity contribution in [1.82, 2.24) is 14.7 Å². The first-order valence-corrected chi connectivity index (χ1v) is 13.2. The highest BCUT2D eigenvalue weighted by molar-refractivity contribution is 6.01. The van der Waals surface area contributed by atoms with E-state index in [-0.39, 0.29) is 13.1 Å². The summed E-state index contributed by atoms with van der Waals surface area (Å²) in [4.78, 5) is 46.0. The number of hydrogen-bond acceptors (Lipinski definition) is 3. The molecule has 0 saturated carbocycles. The number of hydrogen-bond donors (Lipinski definition) is 1. The fourth-order valence-corrected chi connectivity index (χ4v) is 5.73. The average molecular weight is 567 g/mol. The van der Waals surface area contributed by atoms with Crippen LogP contribution >= 0.6 is 0 Å². The largest absolute Gasteiger partial charge is 0.480 e. The van der Waals surface area contributed by atoms with E-state index in [1.54, 1.807) is 48.5 Å². The standard InChI is InChI=1S/C30H29F3N4O4/c1-34(18-20-12-14-21(15-13-20)30(31,32)33)28(40)37-24-16-17-25(37)26(27(38)39)35(19-24)29(41)36(22-8-4-2-5-9-22)23-10-6-3-7-11-23/h2-15,24-26H,16-19H2,1H3,(H,38,39)/t24-,25+,26-/m0/s1. The van der Waals surface area contributed by atoms with Gasteiger partial charge in [0.15, 0.2) is 6.04 Å². The predicted molar refractivity (Wildman–Crippen MR) is 146 cm³/mol. The quantitative estimate of drug-likeness (QED) is 0.422. The second-order valence-corrected chi connectivity index (χ2v) is 10.3. The number of carboxylic acid groups (broad SMARTS) is 1. The zero-order valence-corrected chi connectivity index (χ0v) is 22.2. The zero-order valence-electron chi connectivity index (χ0n) is 22.2. The smallest absolute Gasteiger partial charge is 0.416 e. The molecule has 5 rings (SSSR count). The molecule has 0 aromatic heterocycles. The summed E-state index contributed by atoms with van der Waals surface area (Å²) in [5.74, 6) is -1.21. The molecular formula is C30H29F3N4O4. The van der Waals surface area contributed by atoms with Crippen LogP contribution in [0, 0.1) is 0 Å². The Balaban J connectivity index is 1.38. The van der Waals surface area contributed by atoms with Gasteiger partial charge in [0.25, 0.3) is 0 Å². The number of urea groups is 2. The van der Waals surface area contributed by atoms with Crippen LogP contribution in [0.2, 0.25) is 0 Å². The van der Waals surface area contributed by atoms with Crippen LogP contribution in [0.5, 0.6) is 0 Å². The Hall–Kier alpha value is -4.54. The maximum atomic E-state index is 14.1. The van der Waals surface area contributed by atoms with Crippen LogP contribution in [0.15, 0.2) is 84.9 Å². The Kier molecular flexibility index (Phi) is 7.61. The Morgan fingerprint density at radius 1 is 0.854 bits per heavy atom. The molecule has 0 aliphatic carbocycles. The van der Waals surface area contributed by atoms with E-state index in [0.29, 0.717) is 29.8 Å². The maximum absolute atomic E-state index is 14.1. The lowest BCUT2D eigenvalue weighted by molar-refractivity contribution is -0.146. The number of fused-ring (bicyclic) bond motifs is 2. The Bertz CT molecular complexity index is 1360. The molecule has 214 valence electrons. The topological polar surface area (TPSA) is 84.4 Å². The molecule has 0 spiro atoms. The molecule has 0 radical (unpaired) electrons. The van der Waals surface area contributed by atoms with Crippen molar-refractivity contribution < 1.29 is 32.7 Å². The molecule has 8 nitrogen and oxygen atoms in total. The highest BCUT2D eigenvalue weighted by Gasteiger charge is 2.54. The van der Waals surface area contributed by atoms with Crippen LogP contribution in [-0.2, 0) is 17.5 Å². The molecular weight excluding hydrogens is 537 g/mol. The van der Waals surface area contributed by atoms with Gasteiger partial charge in [-0.05, 0) is 54.8 Å². The van der Waals surface area contributed by atoms with Crippen LogP contribution < -0.4 is 4.90 Å². The maximum Gasteiger partial charge on any atom is 0.416 e. The van der Waals surface area contributed by atoms with E-state index in [1.165, 1.54) is 38.8 Å². The number of nitrogens with zero attached hydrogens (tertiary/aromatic N) is 4. The van der Waals surface area contributed by atoms with Crippen molar-refractivity contribution >= 4 is 29.4 Å². The van der Waals surface area contributed by atoms with E-state index < -0.39 is 47.9 Å². The molecule has 41 heavy (non-hydrogen) atoms. The van der Waals surface area contributed by atoms with Crippen molar-refractivity contribution in [3.05, 3.63) is 96.1 Å². The van der Waals surface area contributed by atoms with Gasteiger partial charge in [-0.2, -0.15) is 13.2 Å². The third kappa shape index (κ3) is 5.57. The molecule has 1 N–H and O–H groups in total. The number of anilines is 2. The lowest BCUT2D eigenvalue weighted by Gasteiger charge is -2.47. The van der Waals surface area contributed by atoms with E-state index in [9.17, 15) is 32.7 Å². The van der Waals surface area contributed by atoms with Gasteiger partial charge in [-0.25, -0.2) is 14.4 Å². The lowest BCUT2D eigenvalue weighted by Crippen LogP contribution is -2.67. The number of halogens is 3. The van der Waals surface area contributed by atoms with Gasteiger partial charge < -0.3 is 19.8 Å². The highest BCUT2D eigenvalue weighted by atomic mass is 19.4. The number of carbonyl (C=O) groups is 3. The number of aliphatic carboxylic acids is 1. The minimum absolute atomic E-state index is 0.0301. The SMILES string of the molecule is CN(Cc1ccc(C(F)(F)F)cc1)C(=O)N1[C@H]2CC[C@@H]1[C@@H](C(=O)O)N(C(=O)N(c1ccccc1)c1ccccc1)C2. The van der Waals surface area contributed by atoms with Crippen LogP contribution in [-0.4, -0.2) is 69.6 Å². The lowest BCUT2D eigenvalue weighted by atomic mass is 10.0. The molecule has 0 unspecified atom stereocenters. The molecule has 2 aliphatic rings. The number of amides is 4. The number of alkyl halides is 3. The minimum Gasteiger partial charge on any atom is -0.480 e.